The molecule has 4 nitrogen and oxygen atoms in total. The maximum absolute atomic E-state index is 12.6. The predicted octanol–water partition coefficient (Wildman–Crippen LogP) is 2.42. The topological polar surface area (TPSA) is 54.0 Å². The Morgan fingerprint density at radius 1 is 1.47 bits per heavy atom. The summed E-state index contributed by atoms with van der Waals surface area (Å²) in [5.41, 5.74) is 2.44. The van der Waals surface area contributed by atoms with E-state index < -0.39 is 0 Å². The number of amides is 1. The molecule has 2 rings (SSSR count). The number of nitrogens with one attached hydrogen (secondary N) is 2. The Hall–Kier alpha value is -1.42. The Labute approximate surface area is 115 Å². The van der Waals surface area contributed by atoms with E-state index in [4.69, 9.17) is 0 Å². The monoisotopic (exact) mass is 261 g/mol. The number of aryl methyl sites for hydroxylation is 2. The van der Waals surface area contributed by atoms with Crippen molar-refractivity contribution < 1.29 is 4.79 Å². The van der Waals surface area contributed by atoms with E-state index in [9.17, 15) is 4.79 Å². The number of nitrogens with zero attached hydrogens (tertiary/aromatic N) is 1. The van der Waals surface area contributed by atoms with Gasteiger partial charge in [0.25, 0.3) is 0 Å². The van der Waals surface area contributed by atoms with Crippen molar-refractivity contribution in [2.45, 2.75) is 40.0 Å². The van der Waals surface area contributed by atoms with Crippen molar-refractivity contribution in [1.29, 1.82) is 0 Å². The summed E-state index contributed by atoms with van der Waals surface area (Å²) in [7, 11) is 0. The molecule has 2 heterocycles. The first kappa shape index (κ1) is 14.0. The number of carbonyl (C=O) groups excluding carboxylic acids is 1. The highest BCUT2D eigenvalue weighted by atomic mass is 16.2. The third-order valence-corrected chi connectivity index (χ3v) is 3.93. The number of hydrogen-bond donors (Lipinski definition) is 2. The Morgan fingerprint density at radius 2 is 2.26 bits per heavy atom. The number of rotatable bonds is 4. The van der Waals surface area contributed by atoms with Crippen molar-refractivity contribution >= 4 is 11.6 Å². The first-order valence-electron chi connectivity index (χ1n) is 7.04. The molecule has 0 spiro atoms. The SMILES string of the molecule is CCCC1(C(=O)Nc2ccc(C)nc2C)CCNC1. The Kier molecular flexibility index (Phi) is 4.20. The molecule has 19 heavy (non-hydrogen) atoms. The number of carbonyl (C=O) groups is 1. The van der Waals surface area contributed by atoms with Crippen LogP contribution in [-0.2, 0) is 4.79 Å². The first-order valence-corrected chi connectivity index (χ1v) is 7.04. The number of aromatic nitrogens is 1. The maximum Gasteiger partial charge on any atom is 0.231 e. The molecule has 0 aliphatic carbocycles. The molecule has 1 aromatic heterocycles. The van der Waals surface area contributed by atoms with Gasteiger partial charge in [0.15, 0.2) is 0 Å². The fraction of sp³-hybridized carbons (Fsp3) is 0.600. The Bertz CT molecular complexity index is 464. The van der Waals surface area contributed by atoms with E-state index in [1.807, 2.05) is 26.0 Å². The van der Waals surface area contributed by atoms with Crippen LogP contribution in [-0.4, -0.2) is 24.0 Å². The van der Waals surface area contributed by atoms with Crippen LogP contribution < -0.4 is 10.6 Å². The molecule has 0 saturated carbocycles. The second kappa shape index (κ2) is 5.70. The number of pyridine rings is 1. The van der Waals surface area contributed by atoms with Gasteiger partial charge in [-0.15, -0.1) is 0 Å². The molecule has 0 radical (unpaired) electrons. The number of hydrogen-bond acceptors (Lipinski definition) is 3. The smallest absolute Gasteiger partial charge is 0.231 e. The molecule has 1 aromatic rings. The third kappa shape index (κ3) is 2.95. The summed E-state index contributed by atoms with van der Waals surface area (Å²) >= 11 is 0. The summed E-state index contributed by atoms with van der Waals surface area (Å²) in [5.74, 6) is 0.133. The Balaban J connectivity index is 2.15. The summed E-state index contributed by atoms with van der Waals surface area (Å²) in [6.07, 6.45) is 2.88. The fourth-order valence-corrected chi connectivity index (χ4v) is 2.82. The van der Waals surface area contributed by atoms with Crippen LogP contribution in [0.4, 0.5) is 5.69 Å². The van der Waals surface area contributed by atoms with Gasteiger partial charge in [-0.3, -0.25) is 9.78 Å². The van der Waals surface area contributed by atoms with Crippen molar-refractivity contribution in [3.63, 3.8) is 0 Å². The average molecular weight is 261 g/mol. The molecule has 1 unspecified atom stereocenters. The van der Waals surface area contributed by atoms with Gasteiger partial charge in [-0.05, 0) is 45.4 Å². The zero-order valence-electron chi connectivity index (χ0n) is 12.0. The zero-order valence-corrected chi connectivity index (χ0v) is 12.0. The second-order valence-electron chi connectivity index (χ2n) is 5.50. The van der Waals surface area contributed by atoms with E-state index in [-0.39, 0.29) is 11.3 Å². The first-order chi connectivity index (χ1) is 9.07. The van der Waals surface area contributed by atoms with Crippen molar-refractivity contribution in [1.82, 2.24) is 10.3 Å². The highest BCUT2D eigenvalue weighted by molar-refractivity contribution is 5.96. The molecule has 0 bridgehead atoms. The minimum atomic E-state index is -0.244. The van der Waals surface area contributed by atoms with E-state index in [0.29, 0.717) is 0 Å². The molecule has 1 atom stereocenters. The van der Waals surface area contributed by atoms with Crippen LogP contribution in [0.15, 0.2) is 12.1 Å². The van der Waals surface area contributed by atoms with Crippen LogP contribution in [0.5, 0.6) is 0 Å². The minimum absolute atomic E-state index is 0.133. The van der Waals surface area contributed by atoms with Crippen LogP contribution in [0.25, 0.3) is 0 Å². The van der Waals surface area contributed by atoms with Crippen LogP contribution >= 0.6 is 0 Å². The van der Waals surface area contributed by atoms with Crippen molar-refractivity contribution in [2.24, 2.45) is 5.41 Å². The average Bonchev–Trinajstić information content (AvgIpc) is 2.83. The quantitative estimate of drug-likeness (QED) is 0.875. The summed E-state index contributed by atoms with van der Waals surface area (Å²) < 4.78 is 0. The van der Waals surface area contributed by atoms with Crippen molar-refractivity contribution in [3.8, 4) is 0 Å². The van der Waals surface area contributed by atoms with Gasteiger partial charge in [-0.1, -0.05) is 13.3 Å². The summed E-state index contributed by atoms with van der Waals surface area (Å²) in [4.78, 5) is 17.0. The van der Waals surface area contributed by atoms with Crippen LogP contribution in [0, 0.1) is 19.3 Å². The molecule has 1 fully saturated rings. The van der Waals surface area contributed by atoms with E-state index in [1.54, 1.807) is 0 Å². The largest absolute Gasteiger partial charge is 0.324 e. The van der Waals surface area contributed by atoms with Gasteiger partial charge in [-0.25, -0.2) is 0 Å². The minimum Gasteiger partial charge on any atom is -0.324 e. The second-order valence-corrected chi connectivity index (χ2v) is 5.50. The normalized spacial score (nSPS) is 22.5. The lowest BCUT2D eigenvalue weighted by Gasteiger charge is -2.26. The predicted molar refractivity (Wildman–Crippen MR) is 77.2 cm³/mol. The highest BCUT2D eigenvalue weighted by Crippen LogP contribution is 2.32. The van der Waals surface area contributed by atoms with E-state index >= 15 is 0 Å². The fourth-order valence-electron chi connectivity index (χ4n) is 2.82. The lowest BCUT2D eigenvalue weighted by molar-refractivity contribution is -0.125. The molecule has 104 valence electrons. The lowest BCUT2D eigenvalue weighted by atomic mass is 9.81. The Morgan fingerprint density at radius 3 is 2.84 bits per heavy atom. The van der Waals surface area contributed by atoms with Gasteiger partial charge in [-0.2, -0.15) is 0 Å². The highest BCUT2D eigenvalue weighted by Gasteiger charge is 2.40. The van der Waals surface area contributed by atoms with Gasteiger partial charge in [0.05, 0.1) is 16.8 Å². The van der Waals surface area contributed by atoms with Gasteiger partial charge in [0.2, 0.25) is 5.91 Å². The van der Waals surface area contributed by atoms with E-state index in [1.165, 1.54) is 0 Å². The van der Waals surface area contributed by atoms with Crippen molar-refractivity contribution in [2.75, 3.05) is 18.4 Å². The van der Waals surface area contributed by atoms with E-state index in [2.05, 4.69) is 22.5 Å². The van der Waals surface area contributed by atoms with Gasteiger partial charge < -0.3 is 10.6 Å². The molecule has 2 N–H and O–H groups in total. The molecule has 1 amide bonds. The molecule has 1 aliphatic heterocycles. The molecular weight excluding hydrogens is 238 g/mol. The van der Waals surface area contributed by atoms with Crippen LogP contribution in [0.2, 0.25) is 0 Å². The summed E-state index contributed by atoms with van der Waals surface area (Å²) in [6, 6.07) is 3.87. The molecule has 1 aliphatic rings. The van der Waals surface area contributed by atoms with Gasteiger partial charge >= 0.3 is 0 Å². The van der Waals surface area contributed by atoms with Gasteiger partial charge in [0.1, 0.15) is 0 Å². The van der Waals surface area contributed by atoms with Gasteiger partial charge in [0, 0.05) is 12.2 Å². The summed E-state index contributed by atoms with van der Waals surface area (Å²) in [6.45, 7) is 7.73. The molecule has 0 aromatic carbocycles. The van der Waals surface area contributed by atoms with Crippen LogP contribution in [0.3, 0.4) is 0 Å². The standard InChI is InChI=1S/C15H23N3O/c1-4-7-15(8-9-16-10-15)14(19)18-13-6-5-11(2)17-12(13)3/h5-6,16H,4,7-10H2,1-3H3,(H,18,19). The third-order valence-electron chi connectivity index (χ3n) is 3.93. The number of anilines is 1. The van der Waals surface area contributed by atoms with Crippen LogP contribution in [0.1, 0.15) is 37.6 Å². The molecule has 1 saturated heterocycles. The van der Waals surface area contributed by atoms with Crippen molar-refractivity contribution in [3.05, 3.63) is 23.5 Å². The maximum atomic E-state index is 12.6. The zero-order chi connectivity index (χ0) is 13.9. The van der Waals surface area contributed by atoms with E-state index in [0.717, 1.165) is 49.4 Å². The molecule has 4 heteroatoms. The molecular formula is C15H23N3O. The lowest BCUT2D eigenvalue weighted by Crippen LogP contribution is -2.38. The summed E-state index contributed by atoms with van der Waals surface area (Å²) in [5, 5.41) is 6.38.